The number of amides is 3. The van der Waals surface area contributed by atoms with E-state index in [1.807, 2.05) is 0 Å². The quantitative estimate of drug-likeness (QED) is 0.377. The Bertz CT molecular complexity index is 939. The highest BCUT2D eigenvalue weighted by atomic mass is 16.6. The van der Waals surface area contributed by atoms with Gasteiger partial charge in [0.1, 0.15) is 18.0 Å². The highest BCUT2D eigenvalue weighted by Crippen LogP contribution is 2.23. The minimum absolute atomic E-state index is 0.00337. The van der Waals surface area contributed by atoms with Crippen LogP contribution in [0.25, 0.3) is 0 Å². The van der Waals surface area contributed by atoms with Crippen LogP contribution in [0.5, 0.6) is 0 Å². The van der Waals surface area contributed by atoms with Crippen LogP contribution in [0, 0.1) is 5.41 Å². The summed E-state index contributed by atoms with van der Waals surface area (Å²) in [5.41, 5.74) is 5.80. The first kappa shape index (κ1) is 23.0. The molecule has 3 rings (SSSR count). The SMILES string of the molecule is CC(C)(C)OC(=O)CN1CCN(C(=O)C2CN(c3ccc(C(=N)N)cc3)C(=O)O2)CC1=O. The summed E-state index contributed by atoms with van der Waals surface area (Å²) in [5.74, 6) is -1.45. The summed E-state index contributed by atoms with van der Waals surface area (Å²) in [6.45, 7) is 5.25. The molecule has 0 aliphatic carbocycles. The lowest BCUT2D eigenvalue weighted by Crippen LogP contribution is -2.56. The van der Waals surface area contributed by atoms with E-state index >= 15 is 0 Å². The fourth-order valence-corrected chi connectivity index (χ4v) is 3.42. The van der Waals surface area contributed by atoms with Crippen molar-refractivity contribution in [2.45, 2.75) is 32.5 Å². The molecule has 0 saturated carbocycles. The number of amidine groups is 1. The summed E-state index contributed by atoms with van der Waals surface area (Å²) < 4.78 is 10.5. The van der Waals surface area contributed by atoms with Crippen molar-refractivity contribution in [2.75, 3.05) is 37.6 Å². The van der Waals surface area contributed by atoms with Gasteiger partial charge in [-0.15, -0.1) is 0 Å². The normalized spacial score (nSPS) is 19.1. The number of benzene rings is 1. The Kier molecular flexibility index (Phi) is 6.37. The van der Waals surface area contributed by atoms with Crippen LogP contribution in [0.1, 0.15) is 26.3 Å². The Morgan fingerprint density at radius 1 is 1.19 bits per heavy atom. The van der Waals surface area contributed by atoms with Crippen LogP contribution in [0.2, 0.25) is 0 Å². The molecule has 0 radical (unpaired) electrons. The van der Waals surface area contributed by atoms with Gasteiger partial charge in [-0.3, -0.25) is 24.7 Å². The Morgan fingerprint density at radius 3 is 2.41 bits per heavy atom. The van der Waals surface area contributed by atoms with E-state index < -0.39 is 29.7 Å². The third kappa shape index (κ3) is 5.34. The molecule has 2 heterocycles. The van der Waals surface area contributed by atoms with Crippen molar-refractivity contribution < 1.29 is 28.7 Å². The van der Waals surface area contributed by atoms with E-state index in [1.54, 1.807) is 45.0 Å². The molecule has 3 amide bonds. The third-order valence-corrected chi connectivity index (χ3v) is 4.95. The van der Waals surface area contributed by atoms with E-state index in [-0.39, 0.29) is 44.5 Å². The molecule has 2 aliphatic rings. The van der Waals surface area contributed by atoms with Crippen molar-refractivity contribution in [1.29, 1.82) is 5.41 Å². The number of carbonyl (C=O) groups excluding carboxylic acids is 4. The molecule has 2 aliphatic heterocycles. The van der Waals surface area contributed by atoms with Crippen LogP contribution >= 0.6 is 0 Å². The van der Waals surface area contributed by atoms with Gasteiger partial charge >= 0.3 is 12.1 Å². The van der Waals surface area contributed by atoms with E-state index in [2.05, 4.69) is 0 Å². The maximum atomic E-state index is 12.8. The Balaban J connectivity index is 1.57. The number of anilines is 1. The minimum Gasteiger partial charge on any atom is -0.459 e. The average molecular weight is 445 g/mol. The zero-order chi connectivity index (χ0) is 23.6. The number of nitrogens with one attached hydrogen (secondary N) is 1. The smallest absolute Gasteiger partial charge is 0.415 e. The lowest BCUT2D eigenvalue weighted by molar-refractivity contribution is -0.161. The summed E-state index contributed by atoms with van der Waals surface area (Å²) in [7, 11) is 0. The van der Waals surface area contributed by atoms with Crippen LogP contribution in [-0.4, -0.2) is 83.9 Å². The third-order valence-electron chi connectivity index (χ3n) is 4.95. The van der Waals surface area contributed by atoms with E-state index in [0.29, 0.717) is 11.3 Å². The average Bonchev–Trinajstić information content (AvgIpc) is 3.09. The molecule has 1 atom stereocenters. The molecule has 172 valence electrons. The van der Waals surface area contributed by atoms with E-state index in [0.717, 1.165) is 0 Å². The first-order valence-corrected chi connectivity index (χ1v) is 10.2. The molecule has 0 aromatic heterocycles. The number of rotatable bonds is 5. The van der Waals surface area contributed by atoms with Crippen molar-refractivity contribution in [3.63, 3.8) is 0 Å². The Labute approximate surface area is 185 Å². The lowest BCUT2D eigenvalue weighted by atomic mass is 10.1. The summed E-state index contributed by atoms with van der Waals surface area (Å²) >= 11 is 0. The van der Waals surface area contributed by atoms with Gasteiger partial charge in [0, 0.05) is 24.3 Å². The summed E-state index contributed by atoms with van der Waals surface area (Å²) in [5, 5.41) is 7.43. The van der Waals surface area contributed by atoms with Gasteiger partial charge in [-0.05, 0) is 45.0 Å². The number of hydrogen-bond donors (Lipinski definition) is 2. The second kappa shape index (κ2) is 8.85. The number of nitrogen functional groups attached to an aromatic ring is 1. The van der Waals surface area contributed by atoms with Crippen LogP contribution in [0.3, 0.4) is 0 Å². The zero-order valence-electron chi connectivity index (χ0n) is 18.3. The first-order chi connectivity index (χ1) is 14.9. The van der Waals surface area contributed by atoms with Crippen molar-refractivity contribution in [2.24, 2.45) is 5.73 Å². The Hall–Kier alpha value is -3.63. The number of ether oxygens (including phenoxy) is 2. The van der Waals surface area contributed by atoms with Crippen molar-refractivity contribution >= 4 is 35.4 Å². The molecule has 1 aromatic carbocycles. The number of hydrogen-bond acceptors (Lipinski definition) is 7. The Morgan fingerprint density at radius 2 is 1.84 bits per heavy atom. The molecule has 3 N–H and O–H groups in total. The summed E-state index contributed by atoms with van der Waals surface area (Å²) in [6, 6.07) is 6.43. The molecule has 11 heteroatoms. The monoisotopic (exact) mass is 445 g/mol. The highest BCUT2D eigenvalue weighted by molar-refractivity contribution is 5.98. The predicted molar refractivity (Wildman–Crippen MR) is 114 cm³/mol. The van der Waals surface area contributed by atoms with Crippen molar-refractivity contribution in [3.05, 3.63) is 29.8 Å². The van der Waals surface area contributed by atoms with Gasteiger partial charge in [-0.25, -0.2) is 4.79 Å². The topological polar surface area (TPSA) is 146 Å². The predicted octanol–water partition coefficient (Wildman–Crippen LogP) is 0.308. The van der Waals surface area contributed by atoms with Gasteiger partial charge in [0.25, 0.3) is 5.91 Å². The van der Waals surface area contributed by atoms with Crippen LogP contribution in [0.4, 0.5) is 10.5 Å². The fraction of sp³-hybridized carbons (Fsp3) is 0.476. The van der Waals surface area contributed by atoms with Crippen molar-refractivity contribution in [3.8, 4) is 0 Å². The van der Waals surface area contributed by atoms with Gasteiger partial charge in [0.05, 0.1) is 13.1 Å². The molecule has 1 unspecified atom stereocenters. The van der Waals surface area contributed by atoms with Crippen LogP contribution in [-0.2, 0) is 23.9 Å². The van der Waals surface area contributed by atoms with Gasteiger partial charge in [0.2, 0.25) is 5.91 Å². The number of carbonyl (C=O) groups is 4. The molecule has 2 fully saturated rings. The highest BCUT2D eigenvalue weighted by Gasteiger charge is 2.41. The molecule has 1 aromatic rings. The maximum absolute atomic E-state index is 12.8. The molecular formula is C21H27N5O6. The summed E-state index contributed by atoms with van der Waals surface area (Å²) in [6.07, 6.45) is -1.71. The van der Waals surface area contributed by atoms with Gasteiger partial charge in [-0.2, -0.15) is 0 Å². The minimum atomic E-state index is -1.04. The molecule has 11 nitrogen and oxygen atoms in total. The second-order valence-electron chi connectivity index (χ2n) is 8.61. The van der Waals surface area contributed by atoms with Crippen LogP contribution < -0.4 is 10.6 Å². The molecular weight excluding hydrogens is 418 g/mol. The first-order valence-electron chi connectivity index (χ1n) is 10.2. The number of esters is 1. The van der Waals surface area contributed by atoms with E-state index in [9.17, 15) is 19.2 Å². The maximum Gasteiger partial charge on any atom is 0.415 e. The van der Waals surface area contributed by atoms with Crippen molar-refractivity contribution in [1.82, 2.24) is 9.80 Å². The summed E-state index contributed by atoms with van der Waals surface area (Å²) in [4.78, 5) is 53.5. The number of nitrogens with zero attached hydrogens (tertiary/aromatic N) is 3. The number of cyclic esters (lactones) is 1. The second-order valence-corrected chi connectivity index (χ2v) is 8.61. The largest absolute Gasteiger partial charge is 0.459 e. The van der Waals surface area contributed by atoms with Gasteiger partial charge in [0.15, 0.2) is 6.10 Å². The zero-order valence-corrected chi connectivity index (χ0v) is 18.3. The standard InChI is InChI=1S/C21H27N5O6/c1-21(2,3)32-17(28)12-24-8-9-25(11-16(24)27)19(29)15-10-26(20(30)31-15)14-6-4-13(5-7-14)18(22)23/h4-7,15H,8-12H2,1-3H3,(H3,22,23). The lowest BCUT2D eigenvalue weighted by Gasteiger charge is -2.35. The molecule has 0 spiro atoms. The molecule has 2 saturated heterocycles. The number of nitrogens with two attached hydrogens (primary N) is 1. The molecule has 0 bridgehead atoms. The van der Waals surface area contributed by atoms with E-state index in [1.165, 1.54) is 14.7 Å². The fourth-order valence-electron chi connectivity index (χ4n) is 3.42. The van der Waals surface area contributed by atoms with Crippen LogP contribution in [0.15, 0.2) is 24.3 Å². The molecule has 32 heavy (non-hydrogen) atoms. The van der Waals surface area contributed by atoms with E-state index in [4.69, 9.17) is 20.6 Å². The number of piperazine rings is 1. The van der Waals surface area contributed by atoms with Gasteiger partial charge in [-0.1, -0.05) is 0 Å². The van der Waals surface area contributed by atoms with Gasteiger partial charge < -0.3 is 25.0 Å².